The molecule has 0 aliphatic carbocycles. The number of halogens is 1. The van der Waals surface area contributed by atoms with Gasteiger partial charge in [-0.25, -0.2) is 14.0 Å². The molecule has 2 aromatic carbocycles. The molecule has 0 amide bonds. The van der Waals surface area contributed by atoms with E-state index in [1.807, 2.05) is 27.7 Å². The third-order valence-electron chi connectivity index (χ3n) is 3.68. The molecule has 7 heteroatoms. The molecular formula is C21H25FN2O4. The van der Waals surface area contributed by atoms with Gasteiger partial charge in [-0.2, -0.15) is 0 Å². The Hall–Kier alpha value is -3.22. The summed E-state index contributed by atoms with van der Waals surface area (Å²) in [5.41, 5.74) is -0.285. The lowest BCUT2D eigenvalue weighted by atomic mass is 10.1. The molecule has 0 unspecified atom stereocenters. The van der Waals surface area contributed by atoms with Crippen molar-refractivity contribution in [2.75, 3.05) is 7.11 Å². The number of ether oxygens (including phenoxy) is 1. The summed E-state index contributed by atoms with van der Waals surface area (Å²) < 4.78 is 19.6. The number of esters is 1. The molecule has 6 nitrogen and oxygen atoms in total. The SMILES string of the molecule is CC.CC.COC(=O)c1cc(Cn2c(=O)[nH]c(=O)c3ccccc32)ccc1F. The van der Waals surface area contributed by atoms with E-state index in [1.165, 1.54) is 16.7 Å². The van der Waals surface area contributed by atoms with Crippen LogP contribution in [0, 0.1) is 5.82 Å². The van der Waals surface area contributed by atoms with Crippen LogP contribution >= 0.6 is 0 Å². The second-order valence-corrected chi connectivity index (χ2v) is 5.17. The summed E-state index contributed by atoms with van der Waals surface area (Å²) in [5.74, 6) is -1.50. The molecule has 28 heavy (non-hydrogen) atoms. The van der Waals surface area contributed by atoms with Gasteiger partial charge in [-0.3, -0.25) is 14.3 Å². The van der Waals surface area contributed by atoms with Crippen molar-refractivity contribution in [1.29, 1.82) is 0 Å². The predicted octanol–water partition coefficient (Wildman–Crippen LogP) is 3.72. The molecule has 0 bridgehead atoms. The van der Waals surface area contributed by atoms with Gasteiger partial charge < -0.3 is 4.74 Å². The number of nitrogens with zero attached hydrogens (tertiary/aromatic N) is 1. The van der Waals surface area contributed by atoms with Crippen LogP contribution in [0.3, 0.4) is 0 Å². The van der Waals surface area contributed by atoms with E-state index in [4.69, 9.17) is 0 Å². The van der Waals surface area contributed by atoms with E-state index in [-0.39, 0.29) is 12.1 Å². The van der Waals surface area contributed by atoms with Crippen LogP contribution < -0.4 is 11.2 Å². The van der Waals surface area contributed by atoms with Crippen molar-refractivity contribution in [3.8, 4) is 0 Å². The number of aromatic amines is 1. The summed E-state index contributed by atoms with van der Waals surface area (Å²) in [5, 5.41) is 0.368. The number of aromatic nitrogens is 2. The average molecular weight is 388 g/mol. The fourth-order valence-corrected chi connectivity index (χ4v) is 2.52. The maximum absolute atomic E-state index is 13.7. The fourth-order valence-electron chi connectivity index (χ4n) is 2.52. The van der Waals surface area contributed by atoms with Crippen molar-refractivity contribution in [3.05, 3.63) is 80.2 Å². The highest BCUT2D eigenvalue weighted by atomic mass is 19.1. The van der Waals surface area contributed by atoms with Gasteiger partial charge in [0, 0.05) is 0 Å². The monoisotopic (exact) mass is 388 g/mol. The molecule has 0 aliphatic rings. The van der Waals surface area contributed by atoms with E-state index in [9.17, 15) is 18.8 Å². The minimum atomic E-state index is -0.798. The quantitative estimate of drug-likeness (QED) is 0.694. The van der Waals surface area contributed by atoms with Crippen molar-refractivity contribution >= 4 is 16.9 Å². The van der Waals surface area contributed by atoms with Crippen molar-refractivity contribution in [2.45, 2.75) is 34.2 Å². The Morgan fingerprint density at radius 2 is 1.71 bits per heavy atom. The molecule has 0 saturated heterocycles. The molecule has 0 saturated carbocycles. The highest BCUT2D eigenvalue weighted by Gasteiger charge is 2.14. The number of methoxy groups -OCH3 is 1. The summed E-state index contributed by atoms with van der Waals surface area (Å²) in [6, 6.07) is 10.6. The number of fused-ring (bicyclic) bond motifs is 1. The van der Waals surface area contributed by atoms with Gasteiger partial charge in [-0.1, -0.05) is 45.9 Å². The zero-order valence-electron chi connectivity index (χ0n) is 16.7. The lowest BCUT2D eigenvalue weighted by Gasteiger charge is -2.10. The second-order valence-electron chi connectivity index (χ2n) is 5.17. The third kappa shape index (κ3) is 4.94. The molecular weight excluding hydrogens is 363 g/mol. The third-order valence-corrected chi connectivity index (χ3v) is 3.68. The Kier molecular flexibility index (Phi) is 8.81. The van der Waals surface area contributed by atoms with Gasteiger partial charge in [0.05, 0.1) is 30.1 Å². The van der Waals surface area contributed by atoms with Crippen molar-refractivity contribution in [3.63, 3.8) is 0 Å². The van der Waals surface area contributed by atoms with Crippen LogP contribution in [-0.2, 0) is 11.3 Å². The molecule has 0 aliphatic heterocycles. The zero-order chi connectivity index (χ0) is 21.3. The number of carbonyl (C=O) groups is 1. The minimum Gasteiger partial charge on any atom is -0.465 e. The standard InChI is InChI=1S/C17H13FN2O4.2C2H6/c1-24-16(22)12-8-10(6-7-13(12)18)9-20-14-5-3-2-4-11(14)15(21)19-17(20)23;2*1-2/h2-8H,9H2,1H3,(H,19,21,23);2*1-2H3. The Morgan fingerprint density at radius 1 is 1.07 bits per heavy atom. The van der Waals surface area contributed by atoms with E-state index in [2.05, 4.69) is 9.72 Å². The normalized spacial score (nSPS) is 9.64. The van der Waals surface area contributed by atoms with Crippen molar-refractivity contribution in [2.24, 2.45) is 0 Å². The van der Waals surface area contributed by atoms with Gasteiger partial charge >= 0.3 is 11.7 Å². The van der Waals surface area contributed by atoms with Gasteiger partial charge in [-0.15, -0.1) is 0 Å². The molecule has 3 rings (SSSR count). The van der Waals surface area contributed by atoms with Crippen LogP contribution in [0.4, 0.5) is 4.39 Å². The molecule has 0 radical (unpaired) electrons. The second kappa shape index (κ2) is 10.8. The number of benzene rings is 2. The molecule has 3 aromatic rings. The first-order valence-corrected chi connectivity index (χ1v) is 9.10. The molecule has 150 valence electrons. The van der Waals surface area contributed by atoms with E-state index in [1.54, 1.807) is 24.3 Å². The smallest absolute Gasteiger partial charge is 0.340 e. The predicted molar refractivity (Wildman–Crippen MR) is 108 cm³/mol. The maximum Gasteiger partial charge on any atom is 0.340 e. The Bertz CT molecular complexity index is 1050. The van der Waals surface area contributed by atoms with E-state index in [0.717, 1.165) is 13.2 Å². The average Bonchev–Trinajstić information content (AvgIpc) is 2.74. The van der Waals surface area contributed by atoms with E-state index < -0.39 is 23.0 Å². The number of hydrogen-bond donors (Lipinski definition) is 1. The van der Waals surface area contributed by atoms with Crippen molar-refractivity contribution < 1.29 is 13.9 Å². The van der Waals surface area contributed by atoms with Crippen LogP contribution in [0.1, 0.15) is 43.6 Å². The summed E-state index contributed by atoms with van der Waals surface area (Å²) in [6.07, 6.45) is 0. The van der Waals surface area contributed by atoms with Gasteiger partial charge in [0.25, 0.3) is 5.56 Å². The molecule has 0 spiro atoms. The first-order valence-electron chi connectivity index (χ1n) is 9.10. The largest absolute Gasteiger partial charge is 0.465 e. The highest BCUT2D eigenvalue weighted by molar-refractivity contribution is 5.89. The Balaban J connectivity index is 0.000000921. The van der Waals surface area contributed by atoms with Gasteiger partial charge in [-0.05, 0) is 29.8 Å². The number of carbonyl (C=O) groups excluding carboxylic acids is 1. The van der Waals surface area contributed by atoms with Crippen LogP contribution in [-0.4, -0.2) is 22.6 Å². The lowest BCUT2D eigenvalue weighted by molar-refractivity contribution is 0.0595. The summed E-state index contributed by atoms with van der Waals surface area (Å²) in [7, 11) is 1.16. The van der Waals surface area contributed by atoms with Crippen LogP contribution in [0.15, 0.2) is 52.1 Å². The summed E-state index contributed by atoms with van der Waals surface area (Å²) in [4.78, 5) is 37.8. The molecule has 1 aromatic heterocycles. The maximum atomic E-state index is 13.7. The lowest BCUT2D eigenvalue weighted by Crippen LogP contribution is -2.30. The van der Waals surface area contributed by atoms with Gasteiger partial charge in [0.2, 0.25) is 0 Å². The highest BCUT2D eigenvalue weighted by Crippen LogP contribution is 2.14. The van der Waals surface area contributed by atoms with Gasteiger partial charge in [0.1, 0.15) is 5.82 Å². The molecule has 1 N–H and O–H groups in total. The Morgan fingerprint density at radius 3 is 2.36 bits per heavy atom. The summed E-state index contributed by atoms with van der Waals surface area (Å²) in [6.45, 7) is 8.07. The Labute approximate surface area is 162 Å². The number of hydrogen-bond acceptors (Lipinski definition) is 4. The first kappa shape index (κ1) is 22.8. The van der Waals surface area contributed by atoms with Crippen LogP contribution in [0.25, 0.3) is 10.9 Å². The number of H-pyrrole nitrogens is 1. The summed E-state index contributed by atoms with van der Waals surface area (Å²) >= 11 is 0. The van der Waals surface area contributed by atoms with Crippen LogP contribution in [0.5, 0.6) is 0 Å². The number of rotatable bonds is 3. The number of nitrogens with one attached hydrogen (secondary N) is 1. The van der Waals surface area contributed by atoms with E-state index in [0.29, 0.717) is 16.5 Å². The topological polar surface area (TPSA) is 81.2 Å². The molecule has 0 fully saturated rings. The molecule has 1 heterocycles. The fraction of sp³-hybridized carbons (Fsp3) is 0.286. The molecule has 0 atom stereocenters. The number of para-hydroxylation sites is 1. The van der Waals surface area contributed by atoms with Crippen LogP contribution in [0.2, 0.25) is 0 Å². The zero-order valence-corrected chi connectivity index (χ0v) is 16.7. The van der Waals surface area contributed by atoms with Gasteiger partial charge in [0.15, 0.2) is 0 Å². The minimum absolute atomic E-state index is 0.0698. The van der Waals surface area contributed by atoms with E-state index >= 15 is 0 Å². The first-order chi connectivity index (χ1) is 13.5. The van der Waals surface area contributed by atoms with Crippen molar-refractivity contribution in [1.82, 2.24) is 9.55 Å².